The molecular formula is C19H19NO3S. The second kappa shape index (κ2) is 7.84. The highest BCUT2D eigenvalue weighted by molar-refractivity contribution is 7.09. The molecule has 124 valence electrons. The Labute approximate surface area is 145 Å². The van der Waals surface area contributed by atoms with Crippen molar-refractivity contribution in [3.05, 3.63) is 76.9 Å². The van der Waals surface area contributed by atoms with Crippen molar-refractivity contribution < 1.29 is 13.9 Å². The Balaban J connectivity index is 1.71. The molecule has 5 heteroatoms. The number of furan rings is 1. The van der Waals surface area contributed by atoms with Crippen molar-refractivity contribution >= 4 is 17.2 Å². The Bertz CT molecular complexity index is 702. The molecule has 1 atom stereocenters. The van der Waals surface area contributed by atoms with Gasteiger partial charge in [-0.15, -0.1) is 11.3 Å². The normalized spacial score (nSPS) is 11.9. The molecule has 1 amide bonds. The summed E-state index contributed by atoms with van der Waals surface area (Å²) in [6.07, 6.45) is 2.73. The summed E-state index contributed by atoms with van der Waals surface area (Å²) in [5, 5.41) is 2.01. The van der Waals surface area contributed by atoms with Gasteiger partial charge in [-0.05, 0) is 36.6 Å². The van der Waals surface area contributed by atoms with E-state index in [4.69, 9.17) is 9.15 Å². The molecule has 1 unspecified atom stereocenters. The Morgan fingerprint density at radius 1 is 1.17 bits per heavy atom. The fourth-order valence-electron chi connectivity index (χ4n) is 2.42. The number of carbonyl (C=O) groups is 1. The predicted molar refractivity (Wildman–Crippen MR) is 93.8 cm³/mol. The number of thiophene rings is 1. The van der Waals surface area contributed by atoms with Crippen molar-refractivity contribution in [1.82, 2.24) is 4.90 Å². The Hall–Kier alpha value is -2.53. The third kappa shape index (κ3) is 4.26. The number of rotatable bonds is 7. The maximum Gasteiger partial charge on any atom is 0.263 e. The van der Waals surface area contributed by atoms with E-state index in [0.29, 0.717) is 18.8 Å². The van der Waals surface area contributed by atoms with E-state index in [-0.39, 0.29) is 5.91 Å². The van der Waals surface area contributed by atoms with Gasteiger partial charge in [-0.25, -0.2) is 0 Å². The summed E-state index contributed by atoms with van der Waals surface area (Å²) in [5.74, 6) is 0.645. The summed E-state index contributed by atoms with van der Waals surface area (Å²) in [7, 11) is 0. The zero-order valence-electron chi connectivity index (χ0n) is 13.4. The standard InChI is InChI=1S/C19H19NO3S/c1-15(23-17-6-3-2-4-7-17)19(21)20(12-16-9-10-22-14-16)13-18-8-5-11-24-18/h2-11,14-15H,12-13H2,1H3. The summed E-state index contributed by atoms with van der Waals surface area (Å²) >= 11 is 1.64. The minimum Gasteiger partial charge on any atom is -0.481 e. The summed E-state index contributed by atoms with van der Waals surface area (Å²) in [6.45, 7) is 2.84. The number of carbonyl (C=O) groups excluding carboxylic acids is 1. The summed E-state index contributed by atoms with van der Waals surface area (Å²) in [5.41, 5.74) is 0.965. The predicted octanol–water partition coefficient (Wildman–Crippen LogP) is 4.34. The van der Waals surface area contributed by atoms with Crippen molar-refractivity contribution in [2.24, 2.45) is 0 Å². The van der Waals surface area contributed by atoms with E-state index in [2.05, 4.69) is 0 Å². The van der Waals surface area contributed by atoms with Crippen molar-refractivity contribution in [3.63, 3.8) is 0 Å². The first-order chi connectivity index (χ1) is 11.7. The number of ether oxygens (including phenoxy) is 1. The largest absolute Gasteiger partial charge is 0.481 e. The Kier molecular flexibility index (Phi) is 5.33. The van der Waals surface area contributed by atoms with Crippen molar-refractivity contribution in [2.75, 3.05) is 0 Å². The van der Waals surface area contributed by atoms with Crippen LogP contribution in [0.4, 0.5) is 0 Å². The molecule has 4 nitrogen and oxygen atoms in total. The minimum absolute atomic E-state index is 0.0477. The van der Waals surface area contributed by atoms with Gasteiger partial charge in [0.15, 0.2) is 6.10 Å². The van der Waals surface area contributed by atoms with E-state index in [9.17, 15) is 4.79 Å². The monoisotopic (exact) mass is 341 g/mol. The molecule has 0 aliphatic carbocycles. The smallest absolute Gasteiger partial charge is 0.263 e. The van der Waals surface area contributed by atoms with E-state index in [1.807, 2.05) is 53.9 Å². The highest BCUT2D eigenvalue weighted by atomic mass is 32.1. The first kappa shape index (κ1) is 16.3. The highest BCUT2D eigenvalue weighted by Crippen LogP contribution is 2.18. The molecule has 0 fully saturated rings. The summed E-state index contributed by atoms with van der Waals surface area (Å²) in [4.78, 5) is 15.8. The number of nitrogens with zero attached hydrogens (tertiary/aromatic N) is 1. The molecule has 0 radical (unpaired) electrons. The van der Waals surface area contributed by atoms with Crippen LogP contribution in [0.25, 0.3) is 0 Å². The van der Waals surface area contributed by atoms with Gasteiger partial charge in [0.1, 0.15) is 5.75 Å². The van der Waals surface area contributed by atoms with E-state index < -0.39 is 6.10 Å². The van der Waals surface area contributed by atoms with Gasteiger partial charge in [-0.3, -0.25) is 4.79 Å². The zero-order valence-corrected chi connectivity index (χ0v) is 14.2. The first-order valence-electron chi connectivity index (χ1n) is 7.76. The SMILES string of the molecule is CC(Oc1ccccc1)C(=O)N(Cc1ccoc1)Cc1cccs1. The fourth-order valence-corrected chi connectivity index (χ4v) is 3.14. The topological polar surface area (TPSA) is 42.7 Å². The van der Waals surface area contributed by atoms with Crippen molar-refractivity contribution in [3.8, 4) is 5.75 Å². The Morgan fingerprint density at radius 3 is 2.67 bits per heavy atom. The van der Waals surface area contributed by atoms with Gasteiger partial charge >= 0.3 is 0 Å². The van der Waals surface area contributed by atoms with Crippen molar-refractivity contribution in [1.29, 1.82) is 0 Å². The Morgan fingerprint density at radius 2 is 2.00 bits per heavy atom. The van der Waals surface area contributed by atoms with Gasteiger partial charge in [0.2, 0.25) is 0 Å². The van der Waals surface area contributed by atoms with Gasteiger partial charge < -0.3 is 14.1 Å². The second-order valence-electron chi connectivity index (χ2n) is 5.48. The van der Waals surface area contributed by atoms with Gasteiger partial charge in [-0.2, -0.15) is 0 Å². The molecule has 0 saturated heterocycles. The average Bonchev–Trinajstić information content (AvgIpc) is 3.28. The molecule has 3 aromatic rings. The lowest BCUT2D eigenvalue weighted by molar-refractivity contribution is -0.139. The van der Waals surface area contributed by atoms with E-state index in [0.717, 1.165) is 10.4 Å². The molecule has 1 aromatic carbocycles. The van der Waals surface area contributed by atoms with Crippen LogP contribution in [0.2, 0.25) is 0 Å². The average molecular weight is 341 g/mol. The van der Waals surface area contributed by atoms with Crippen LogP contribution in [-0.4, -0.2) is 16.9 Å². The number of para-hydroxylation sites is 1. The molecule has 24 heavy (non-hydrogen) atoms. The maximum atomic E-state index is 12.9. The van der Waals surface area contributed by atoms with E-state index in [1.54, 1.807) is 35.7 Å². The number of hydrogen-bond acceptors (Lipinski definition) is 4. The van der Waals surface area contributed by atoms with E-state index >= 15 is 0 Å². The lowest BCUT2D eigenvalue weighted by Crippen LogP contribution is -2.39. The first-order valence-corrected chi connectivity index (χ1v) is 8.64. The van der Waals surface area contributed by atoms with Crippen molar-refractivity contribution in [2.45, 2.75) is 26.1 Å². The third-order valence-electron chi connectivity index (χ3n) is 3.60. The van der Waals surface area contributed by atoms with Gasteiger partial charge in [0.25, 0.3) is 5.91 Å². The van der Waals surface area contributed by atoms with Crippen LogP contribution < -0.4 is 4.74 Å². The molecule has 2 aromatic heterocycles. The van der Waals surface area contributed by atoms with Crippen LogP contribution in [0, 0.1) is 0 Å². The number of benzene rings is 1. The molecule has 0 spiro atoms. The molecule has 2 heterocycles. The molecule has 0 bridgehead atoms. The van der Waals surface area contributed by atoms with Crippen LogP contribution in [0.1, 0.15) is 17.4 Å². The molecule has 0 saturated carbocycles. The van der Waals surface area contributed by atoms with E-state index in [1.165, 1.54) is 0 Å². The van der Waals surface area contributed by atoms with Crippen LogP contribution in [0.3, 0.4) is 0 Å². The molecule has 0 aliphatic rings. The fraction of sp³-hybridized carbons (Fsp3) is 0.211. The van der Waals surface area contributed by atoms with Gasteiger partial charge in [0.05, 0.1) is 19.1 Å². The zero-order chi connectivity index (χ0) is 16.8. The quantitative estimate of drug-likeness (QED) is 0.642. The van der Waals surface area contributed by atoms with Gasteiger partial charge in [-0.1, -0.05) is 24.3 Å². The minimum atomic E-state index is -0.556. The van der Waals surface area contributed by atoms with Crippen LogP contribution in [0.5, 0.6) is 5.75 Å². The van der Waals surface area contributed by atoms with Crippen LogP contribution >= 0.6 is 11.3 Å². The molecule has 0 N–H and O–H groups in total. The van der Waals surface area contributed by atoms with Crippen LogP contribution in [-0.2, 0) is 17.9 Å². The lowest BCUT2D eigenvalue weighted by Gasteiger charge is -2.25. The maximum absolute atomic E-state index is 12.9. The van der Waals surface area contributed by atoms with Gasteiger partial charge in [0, 0.05) is 17.0 Å². The molecular weight excluding hydrogens is 322 g/mol. The summed E-state index contributed by atoms with van der Waals surface area (Å²) < 4.78 is 10.9. The third-order valence-corrected chi connectivity index (χ3v) is 4.46. The molecule has 3 rings (SSSR count). The van der Waals surface area contributed by atoms with Crippen LogP contribution in [0.15, 0.2) is 70.9 Å². The highest BCUT2D eigenvalue weighted by Gasteiger charge is 2.23. The molecule has 0 aliphatic heterocycles. The lowest BCUT2D eigenvalue weighted by atomic mass is 10.2. The number of hydrogen-bond donors (Lipinski definition) is 0. The second-order valence-corrected chi connectivity index (χ2v) is 6.51. The number of amides is 1. The summed E-state index contributed by atoms with van der Waals surface area (Å²) in [6, 6.07) is 15.3.